The molecule has 4 atom stereocenters. The first-order valence-corrected chi connectivity index (χ1v) is 6.76. The van der Waals surface area contributed by atoms with Crippen LogP contribution in [0.15, 0.2) is 17.1 Å². The molecule has 2 aliphatic heterocycles. The molecule has 0 spiro atoms. The summed E-state index contributed by atoms with van der Waals surface area (Å²) < 4.78 is 18.9. The second-order valence-electron chi connectivity index (χ2n) is 5.98. The molecular formula is C13H19N3O5. The van der Waals surface area contributed by atoms with Crippen LogP contribution < -0.4 is 11.4 Å². The molecule has 8 nitrogen and oxygen atoms in total. The summed E-state index contributed by atoms with van der Waals surface area (Å²) >= 11 is 0. The van der Waals surface area contributed by atoms with Crippen molar-refractivity contribution in [3.05, 3.63) is 22.7 Å². The van der Waals surface area contributed by atoms with Gasteiger partial charge in [-0.05, 0) is 26.8 Å². The highest BCUT2D eigenvalue weighted by molar-refractivity contribution is 5.24. The predicted octanol–water partition coefficient (Wildman–Crippen LogP) is -0.375. The molecule has 2 fully saturated rings. The van der Waals surface area contributed by atoms with Crippen molar-refractivity contribution in [2.75, 3.05) is 12.3 Å². The van der Waals surface area contributed by atoms with Gasteiger partial charge in [-0.15, -0.1) is 0 Å². The maximum Gasteiger partial charge on any atom is 0.351 e. The van der Waals surface area contributed by atoms with Crippen LogP contribution in [0.25, 0.3) is 0 Å². The lowest BCUT2D eigenvalue weighted by atomic mass is 9.96. The Kier molecular flexibility index (Phi) is 3.10. The number of rotatable bonds is 2. The average Bonchev–Trinajstić information content (AvgIpc) is 2.76. The van der Waals surface area contributed by atoms with Gasteiger partial charge >= 0.3 is 5.69 Å². The Hall–Kier alpha value is -1.48. The van der Waals surface area contributed by atoms with E-state index in [2.05, 4.69) is 4.98 Å². The van der Waals surface area contributed by atoms with Crippen LogP contribution in [0, 0.1) is 0 Å². The summed E-state index contributed by atoms with van der Waals surface area (Å²) in [5, 5.41) is 9.49. The van der Waals surface area contributed by atoms with Gasteiger partial charge in [0.15, 0.2) is 12.0 Å². The lowest BCUT2D eigenvalue weighted by Crippen LogP contribution is -2.44. The standard InChI is InChI=1S/C13H19N3O5/c1-12(2)20-9-7(6-17)19-10(13(9,3)21-12)16-5-4-8(14)15-11(16)18/h4-5,7,9-10,17H,6H2,1-3H3,(H2,14,15,18)/t7-,9?,10+,13+/m1/s1. The average molecular weight is 297 g/mol. The molecule has 2 saturated heterocycles. The smallest absolute Gasteiger partial charge is 0.351 e. The van der Waals surface area contributed by atoms with Crippen molar-refractivity contribution in [3.8, 4) is 0 Å². The maximum atomic E-state index is 12.0. The monoisotopic (exact) mass is 297 g/mol. The van der Waals surface area contributed by atoms with E-state index in [9.17, 15) is 9.90 Å². The zero-order chi connectivity index (χ0) is 15.4. The molecule has 8 heteroatoms. The van der Waals surface area contributed by atoms with Crippen LogP contribution in [-0.4, -0.2) is 44.9 Å². The summed E-state index contributed by atoms with van der Waals surface area (Å²) in [7, 11) is 0. The number of aromatic nitrogens is 2. The number of hydrogen-bond acceptors (Lipinski definition) is 7. The molecule has 1 unspecified atom stereocenters. The largest absolute Gasteiger partial charge is 0.394 e. The quantitative estimate of drug-likeness (QED) is 0.766. The lowest BCUT2D eigenvalue weighted by molar-refractivity contribution is -0.218. The number of ether oxygens (including phenoxy) is 3. The van der Waals surface area contributed by atoms with Crippen molar-refractivity contribution in [2.45, 2.75) is 50.6 Å². The summed E-state index contributed by atoms with van der Waals surface area (Å²) in [6, 6.07) is 1.51. The first-order chi connectivity index (χ1) is 9.77. The number of hydrogen-bond donors (Lipinski definition) is 2. The Labute approximate surface area is 121 Å². The second-order valence-corrected chi connectivity index (χ2v) is 5.98. The van der Waals surface area contributed by atoms with Crippen LogP contribution in [0.5, 0.6) is 0 Å². The fourth-order valence-electron chi connectivity index (χ4n) is 3.13. The number of nitrogens with two attached hydrogens (primary N) is 1. The van der Waals surface area contributed by atoms with Gasteiger partial charge in [-0.3, -0.25) is 4.57 Å². The van der Waals surface area contributed by atoms with Gasteiger partial charge in [-0.25, -0.2) is 4.79 Å². The highest BCUT2D eigenvalue weighted by Gasteiger charge is 2.64. The molecule has 3 rings (SSSR count). The number of fused-ring (bicyclic) bond motifs is 1. The van der Waals surface area contributed by atoms with Gasteiger partial charge in [0.05, 0.1) is 6.61 Å². The first-order valence-electron chi connectivity index (χ1n) is 6.76. The molecule has 21 heavy (non-hydrogen) atoms. The van der Waals surface area contributed by atoms with Gasteiger partial charge in [0, 0.05) is 6.20 Å². The van der Waals surface area contributed by atoms with Crippen LogP contribution in [0.4, 0.5) is 5.82 Å². The van der Waals surface area contributed by atoms with Crippen molar-refractivity contribution in [1.82, 2.24) is 9.55 Å². The van der Waals surface area contributed by atoms with E-state index in [-0.39, 0.29) is 12.4 Å². The molecule has 2 aliphatic rings. The lowest BCUT2D eigenvalue weighted by Gasteiger charge is -2.30. The fourth-order valence-corrected chi connectivity index (χ4v) is 3.13. The van der Waals surface area contributed by atoms with Crippen molar-refractivity contribution in [1.29, 1.82) is 0 Å². The van der Waals surface area contributed by atoms with Crippen LogP contribution in [-0.2, 0) is 14.2 Å². The molecule has 0 radical (unpaired) electrons. The van der Waals surface area contributed by atoms with Gasteiger partial charge in [-0.1, -0.05) is 0 Å². The minimum absolute atomic E-state index is 0.138. The summed E-state index contributed by atoms with van der Waals surface area (Å²) in [6.45, 7) is 5.14. The van der Waals surface area contributed by atoms with E-state index in [0.29, 0.717) is 0 Å². The van der Waals surface area contributed by atoms with Gasteiger partial charge in [0.1, 0.15) is 23.6 Å². The molecule has 1 aromatic heterocycles. The molecule has 0 amide bonds. The summed E-state index contributed by atoms with van der Waals surface area (Å²) in [5.74, 6) is -0.682. The summed E-state index contributed by atoms with van der Waals surface area (Å²) in [4.78, 5) is 15.7. The predicted molar refractivity (Wildman–Crippen MR) is 72.3 cm³/mol. The Balaban J connectivity index is 2.05. The number of nitrogen functional groups attached to an aromatic ring is 1. The molecule has 0 aliphatic carbocycles. The van der Waals surface area contributed by atoms with Gasteiger partial charge in [0.2, 0.25) is 0 Å². The fraction of sp³-hybridized carbons (Fsp3) is 0.692. The minimum atomic E-state index is -0.904. The van der Waals surface area contributed by atoms with E-state index in [1.807, 2.05) is 0 Å². The van der Waals surface area contributed by atoms with Gasteiger partial charge in [0.25, 0.3) is 0 Å². The molecule has 0 saturated carbocycles. The topological polar surface area (TPSA) is 109 Å². The third-order valence-electron chi connectivity index (χ3n) is 3.86. The third kappa shape index (κ3) is 2.15. The zero-order valence-corrected chi connectivity index (χ0v) is 12.1. The van der Waals surface area contributed by atoms with Gasteiger partial charge < -0.3 is 25.1 Å². The van der Waals surface area contributed by atoms with Gasteiger partial charge in [-0.2, -0.15) is 4.98 Å². The molecule has 0 bridgehead atoms. The van der Waals surface area contributed by atoms with Crippen LogP contribution in [0.3, 0.4) is 0 Å². The van der Waals surface area contributed by atoms with Crippen molar-refractivity contribution < 1.29 is 19.3 Å². The van der Waals surface area contributed by atoms with E-state index in [1.165, 1.54) is 16.8 Å². The Bertz CT molecular complexity index is 616. The van der Waals surface area contributed by atoms with E-state index in [1.54, 1.807) is 20.8 Å². The SMILES string of the molecule is CC1(C)OC2[C@@H](CO)O[C@H](n3ccc(N)nc3=O)[C@@]2(C)O1. The van der Waals surface area contributed by atoms with Crippen molar-refractivity contribution in [3.63, 3.8) is 0 Å². The number of anilines is 1. The Morgan fingerprint density at radius 1 is 1.48 bits per heavy atom. The Morgan fingerprint density at radius 2 is 2.19 bits per heavy atom. The van der Waals surface area contributed by atoms with E-state index in [4.69, 9.17) is 19.9 Å². The normalized spacial score (nSPS) is 37.6. The van der Waals surface area contributed by atoms with E-state index >= 15 is 0 Å². The van der Waals surface area contributed by atoms with Crippen LogP contribution in [0.1, 0.15) is 27.0 Å². The van der Waals surface area contributed by atoms with Crippen molar-refractivity contribution in [2.24, 2.45) is 0 Å². The molecule has 1 aromatic rings. The molecule has 3 N–H and O–H groups in total. The first kappa shape index (κ1) is 14.5. The minimum Gasteiger partial charge on any atom is -0.394 e. The van der Waals surface area contributed by atoms with Crippen LogP contribution in [0.2, 0.25) is 0 Å². The maximum absolute atomic E-state index is 12.0. The zero-order valence-electron chi connectivity index (χ0n) is 12.1. The van der Waals surface area contributed by atoms with Crippen LogP contribution >= 0.6 is 0 Å². The van der Waals surface area contributed by atoms with E-state index < -0.39 is 35.5 Å². The second kappa shape index (κ2) is 4.51. The number of nitrogens with zero attached hydrogens (tertiary/aromatic N) is 2. The summed E-state index contributed by atoms with van der Waals surface area (Å²) in [5.41, 5.74) is 4.06. The van der Waals surface area contributed by atoms with E-state index in [0.717, 1.165) is 0 Å². The molecular weight excluding hydrogens is 278 g/mol. The number of aliphatic hydroxyl groups excluding tert-OH is 1. The highest BCUT2D eigenvalue weighted by atomic mass is 16.8. The summed E-state index contributed by atoms with van der Waals surface area (Å²) in [6.07, 6.45) is -0.299. The van der Waals surface area contributed by atoms with Crippen molar-refractivity contribution >= 4 is 5.82 Å². The highest BCUT2D eigenvalue weighted by Crippen LogP contribution is 2.50. The molecule has 116 valence electrons. The molecule has 0 aromatic carbocycles. The third-order valence-corrected chi connectivity index (χ3v) is 3.86. The molecule has 3 heterocycles. The number of aliphatic hydroxyl groups is 1. The Morgan fingerprint density at radius 3 is 2.81 bits per heavy atom.